The standard InChI is InChI=1S/C20H24N6O4S/c1-20(2,3)30-19(28)26-7-5-25(6-8-26)18-23-14(11-4-9-29-10-11)12-13(21)15(16(22)27)31-17(12)24-18/h4,9-10H,5-8,21H2,1-3H3,(H2,22,27). The number of fused-ring (bicyclic) bond motifs is 1. The Morgan fingerprint density at radius 3 is 2.48 bits per heavy atom. The first-order chi connectivity index (χ1) is 14.6. The highest BCUT2D eigenvalue weighted by molar-refractivity contribution is 7.21. The number of aromatic nitrogens is 2. The summed E-state index contributed by atoms with van der Waals surface area (Å²) in [6, 6.07) is 1.77. The van der Waals surface area contributed by atoms with Gasteiger partial charge in [-0.15, -0.1) is 11.3 Å². The fourth-order valence-electron chi connectivity index (χ4n) is 3.36. The van der Waals surface area contributed by atoms with Crippen LogP contribution in [-0.2, 0) is 4.74 Å². The van der Waals surface area contributed by atoms with Crippen LogP contribution in [0, 0.1) is 0 Å². The number of nitrogens with zero attached hydrogens (tertiary/aromatic N) is 4. The van der Waals surface area contributed by atoms with E-state index in [-0.39, 0.29) is 16.7 Å². The summed E-state index contributed by atoms with van der Waals surface area (Å²) in [6.45, 7) is 7.57. The second-order valence-electron chi connectivity index (χ2n) is 8.23. The smallest absolute Gasteiger partial charge is 0.410 e. The Kier molecular flexibility index (Phi) is 5.21. The zero-order valence-electron chi connectivity index (χ0n) is 17.5. The van der Waals surface area contributed by atoms with Gasteiger partial charge in [-0.05, 0) is 26.8 Å². The van der Waals surface area contributed by atoms with Gasteiger partial charge in [-0.25, -0.2) is 14.8 Å². The van der Waals surface area contributed by atoms with Crippen molar-refractivity contribution < 1.29 is 18.7 Å². The first-order valence-corrected chi connectivity index (χ1v) is 10.6. The monoisotopic (exact) mass is 444 g/mol. The van der Waals surface area contributed by atoms with E-state index in [0.29, 0.717) is 48.0 Å². The maximum atomic E-state index is 12.3. The van der Waals surface area contributed by atoms with Crippen molar-refractivity contribution in [3.63, 3.8) is 0 Å². The lowest BCUT2D eigenvalue weighted by Crippen LogP contribution is -2.50. The summed E-state index contributed by atoms with van der Waals surface area (Å²) in [5.41, 5.74) is 12.7. The number of carbonyl (C=O) groups is 2. The highest BCUT2D eigenvalue weighted by atomic mass is 32.1. The minimum atomic E-state index is -0.605. The van der Waals surface area contributed by atoms with Crippen molar-refractivity contribution in [1.82, 2.24) is 14.9 Å². The Balaban J connectivity index is 1.65. The summed E-state index contributed by atoms with van der Waals surface area (Å²) >= 11 is 1.14. The molecule has 1 aliphatic heterocycles. The van der Waals surface area contributed by atoms with Crippen LogP contribution in [0.3, 0.4) is 0 Å². The van der Waals surface area contributed by atoms with Gasteiger partial charge in [0.05, 0.1) is 29.3 Å². The SMILES string of the molecule is CC(C)(C)OC(=O)N1CCN(c2nc(-c3ccoc3)c3c(N)c(C(N)=O)sc3n2)CC1. The molecule has 0 aromatic carbocycles. The number of anilines is 2. The molecule has 2 amide bonds. The van der Waals surface area contributed by atoms with E-state index in [1.54, 1.807) is 23.5 Å². The lowest BCUT2D eigenvalue weighted by atomic mass is 10.1. The highest BCUT2D eigenvalue weighted by Crippen LogP contribution is 2.39. The molecule has 0 unspecified atom stereocenters. The summed E-state index contributed by atoms with van der Waals surface area (Å²) in [5.74, 6) is -0.115. The van der Waals surface area contributed by atoms with Gasteiger partial charge in [-0.2, -0.15) is 0 Å². The number of piperazine rings is 1. The van der Waals surface area contributed by atoms with E-state index in [1.165, 1.54) is 0 Å². The van der Waals surface area contributed by atoms with Crippen molar-refractivity contribution in [2.75, 3.05) is 36.8 Å². The van der Waals surface area contributed by atoms with Crippen LogP contribution < -0.4 is 16.4 Å². The number of nitrogen functional groups attached to an aromatic ring is 1. The topological polar surface area (TPSA) is 141 Å². The summed E-state index contributed by atoms with van der Waals surface area (Å²) < 4.78 is 10.7. The summed E-state index contributed by atoms with van der Waals surface area (Å²) in [6.07, 6.45) is 2.77. The third-order valence-corrected chi connectivity index (χ3v) is 5.92. The van der Waals surface area contributed by atoms with E-state index in [0.717, 1.165) is 16.9 Å². The molecule has 4 N–H and O–H groups in total. The van der Waals surface area contributed by atoms with Gasteiger partial charge in [0.15, 0.2) is 0 Å². The van der Waals surface area contributed by atoms with E-state index in [4.69, 9.17) is 25.6 Å². The van der Waals surface area contributed by atoms with E-state index >= 15 is 0 Å². The number of ether oxygens (including phenoxy) is 1. The van der Waals surface area contributed by atoms with E-state index in [2.05, 4.69) is 4.98 Å². The van der Waals surface area contributed by atoms with Crippen LogP contribution in [0.2, 0.25) is 0 Å². The fraction of sp³-hybridized carbons (Fsp3) is 0.400. The van der Waals surface area contributed by atoms with Crippen LogP contribution in [0.15, 0.2) is 23.0 Å². The number of nitrogens with two attached hydrogens (primary N) is 2. The summed E-state index contributed by atoms with van der Waals surface area (Å²) in [5, 5.41) is 0.580. The van der Waals surface area contributed by atoms with E-state index in [1.807, 2.05) is 25.7 Å². The molecule has 0 aliphatic carbocycles. The van der Waals surface area contributed by atoms with Gasteiger partial charge in [0.1, 0.15) is 15.3 Å². The second kappa shape index (κ2) is 7.73. The van der Waals surface area contributed by atoms with Crippen molar-refractivity contribution in [3.05, 3.63) is 23.5 Å². The minimum Gasteiger partial charge on any atom is -0.472 e. The number of hydrogen-bond donors (Lipinski definition) is 2. The van der Waals surface area contributed by atoms with Crippen LogP contribution in [0.5, 0.6) is 0 Å². The molecule has 164 valence electrons. The maximum absolute atomic E-state index is 12.3. The molecule has 4 heterocycles. The molecule has 3 aromatic heterocycles. The van der Waals surface area contributed by atoms with Crippen molar-refractivity contribution in [2.24, 2.45) is 5.73 Å². The van der Waals surface area contributed by atoms with Crippen LogP contribution in [0.1, 0.15) is 30.4 Å². The first kappa shape index (κ1) is 20.9. The molecule has 3 aromatic rings. The van der Waals surface area contributed by atoms with Gasteiger partial charge in [0.25, 0.3) is 5.91 Å². The molecule has 0 bridgehead atoms. The number of hydrogen-bond acceptors (Lipinski definition) is 9. The Morgan fingerprint density at radius 1 is 1.19 bits per heavy atom. The predicted molar refractivity (Wildman–Crippen MR) is 118 cm³/mol. The molecule has 0 atom stereocenters. The average Bonchev–Trinajstić information content (AvgIpc) is 3.35. The molecule has 1 aliphatic rings. The van der Waals surface area contributed by atoms with Crippen LogP contribution in [-0.4, -0.2) is 58.6 Å². The molecule has 31 heavy (non-hydrogen) atoms. The summed E-state index contributed by atoms with van der Waals surface area (Å²) in [7, 11) is 0. The lowest BCUT2D eigenvalue weighted by molar-refractivity contribution is 0.0240. The first-order valence-electron chi connectivity index (χ1n) is 9.79. The van der Waals surface area contributed by atoms with Crippen LogP contribution >= 0.6 is 11.3 Å². The van der Waals surface area contributed by atoms with Crippen molar-refractivity contribution in [1.29, 1.82) is 0 Å². The van der Waals surface area contributed by atoms with Gasteiger partial charge >= 0.3 is 6.09 Å². The minimum absolute atomic E-state index is 0.251. The third-order valence-electron chi connectivity index (χ3n) is 4.81. The van der Waals surface area contributed by atoms with E-state index < -0.39 is 11.5 Å². The van der Waals surface area contributed by atoms with Gasteiger partial charge in [-0.1, -0.05) is 0 Å². The Bertz CT molecular complexity index is 1130. The largest absolute Gasteiger partial charge is 0.472 e. The zero-order valence-corrected chi connectivity index (χ0v) is 18.4. The van der Waals surface area contributed by atoms with Crippen LogP contribution in [0.25, 0.3) is 21.5 Å². The Morgan fingerprint density at radius 2 is 1.90 bits per heavy atom. The molecule has 11 heteroatoms. The number of rotatable bonds is 3. The predicted octanol–water partition coefficient (Wildman–Crippen LogP) is 2.69. The molecule has 1 saturated heterocycles. The van der Waals surface area contributed by atoms with Gasteiger partial charge in [0, 0.05) is 31.7 Å². The molecule has 1 fully saturated rings. The molecule has 0 radical (unpaired) electrons. The molecular formula is C20H24N6O4S. The molecule has 10 nitrogen and oxygen atoms in total. The fourth-order valence-corrected chi connectivity index (χ4v) is 4.30. The quantitative estimate of drug-likeness (QED) is 0.628. The number of primary amides is 1. The normalized spacial score (nSPS) is 14.8. The Hall–Kier alpha value is -3.34. The molecule has 0 saturated carbocycles. The zero-order chi connectivity index (χ0) is 22.3. The van der Waals surface area contributed by atoms with Gasteiger partial charge in [-0.3, -0.25) is 4.79 Å². The number of thiophene rings is 1. The van der Waals surface area contributed by atoms with Crippen LogP contribution in [0.4, 0.5) is 16.4 Å². The highest BCUT2D eigenvalue weighted by Gasteiger charge is 2.28. The third kappa shape index (κ3) is 4.13. The number of carbonyl (C=O) groups excluding carboxylic acids is 2. The number of amides is 2. The lowest BCUT2D eigenvalue weighted by Gasteiger charge is -2.35. The van der Waals surface area contributed by atoms with Crippen molar-refractivity contribution >= 4 is 45.2 Å². The molecule has 4 rings (SSSR count). The average molecular weight is 445 g/mol. The van der Waals surface area contributed by atoms with Crippen molar-refractivity contribution in [3.8, 4) is 11.3 Å². The van der Waals surface area contributed by atoms with Gasteiger partial charge in [0.2, 0.25) is 5.95 Å². The van der Waals surface area contributed by atoms with Gasteiger partial charge < -0.3 is 30.4 Å². The second-order valence-corrected chi connectivity index (χ2v) is 9.23. The van der Waals surface area contributed by atoms with Crippen molar-refractivity contribution in [2.45, 2.75) is 26.4 Å². The summed E-state index contributed by atoms with van der Waals surface area (Å²) in [4.78, 5) is 38.0. The Labute approximate surface area is 182 Å². The van der Waals surface area contributed by atoms with E-state index in [9.17, 15) is 9.59 Å². The maximum Gasteiger partial charge on any atom is 0.410 e. The molecular weight excluding hydrogens is 420 g/mol. The molecule has 0 spiro atoms. The number of furan rings is 1.